The molecule has 5 heteroatoms. The lowest BCUT2D eigenvalue weighted by atomic mass is 9.50. The van der Waals surface area contributed by atoms with E-state index in [1.54, 1.807) is 0 Å². The van der Waals surface area contributed by atoms with Gasteiger partial charge >= 0.3 is 5.97 Å². The van der Waals surface area contributed by atoms with Gasteiger partial charge in [-0.3, -0.25) is 4.79 Å². The summed E-state index contributed by atoms with van der Waals surface area (Å²) in [6.07, 6.45) is -0.272. The van der Waals surface area contributed by atoms with Gasteiger partial charge in [0.15, 0.2) is 0 Å². The van der Waals surface area contributed by atoms with Crippen LogP contribution in [0.2, 0.25) is 0 Å². The maximum atomic E-state index is 12.0. The fourth-order valence-corrected chi connectivity index (χ4v) is 6.49. The van der Waals surface area contributed by atoms with Gasteiger partial charge in [0, 0.05) is 18.8 Å². The third-order valence-electron chi connectivity index (χ3n) is 7.46. The Bertz CT molecular complexity index is 678. The zero-order chi connectivity index (χ0) is 20.3. The Labute approximate surface area is 162 Å². The average molecular weight is 379 g/mol. The molecular formula is C22H34O5. The molecule has 3 aliphatic rings. The van der Waals surface area contributed by atoms with E-state index < -0.39 is 35.8 Å². The number of fused-ring (bicyclic) bond motifs is 3. The Kier molecular flexibility index (Phi) is 5.11. The number of rotatable bonds is 1. The van der Waals surface area contributed by atoms with E-state index in [4.69, 9.17) is 4.74 Å². The molecule has 0 unspecified atom stereocenters. The van der Waals surface area contributed by atoms with Gasteiger partial charge in [0.2, 0.25) is 0 Å². The minimum atomic E-state index is -0.686. The van der Waals surface area contributed by atoms with Crippen LogP contribution in [-0.2, 0) is 9.53 Å². The second kappa shape index (κ2) is 6.71. The molecule has 3 aliphatic carbocycles. The molecule has 0 heterocycles. The van der Waals surface area contributed by atoms with Crippen LogP contribution < -0.4 is 0 Å². The minimum Gasteiger partial charge on any atom is -0.461 e. The lowest BCUT2D eigenvalue weighted by Crippen LogP contribution is -2.59. The number of hydrogen-bond acceptors (Lipinski definition) is 5. The summed E-state index contributed by atoms with van der Waals surface area (Å²) in [5.41, 5.74) is 1.74. The summed E-state index contributed by atoms with van der Waals surface area (Å²) in [5.74, 6) is -1.08. The van der Waals surface area contributed by atoms with E-state index in [0.717, 1.165) is 11.1 Å². The highest BCUT2D eigenvalue weighted by Crippen LogP contribution is 2.59. The summed E-state index contributed by atoms with van der Waals surface area (Å²) in [6, 6.07) is 0. The highest BCUT2D eigenvalue weighted by Gasteiger charge is 2.59. The Morgan fingerprint density at radius 3 is 2.41 bits per heavy atom. The number of aliphatic hydroxyl groups is 3. The largest absolute Gasteiger partial charge is 0.461 e. The van der Waals surface area contributed by atoms with Gasteiger partial charge in [0.05, 0.1) is 18.3 Å². The molecule has 2 bridgehead atoms. The van der Waals surface area contributed by atoms with Gasteiger partial charge in [-0.05, 0) is 54.6 Å². The van der Waals surface area contributed by atoms with Crippen LogP contribution in [0.4, 0.5) is 0 Å². The van der Waals surface area contributed by atoms with Gasteiger partial charge < -0.3 is 20.1 Å². The van der Waals surface area contributed by atoms with Crippen LogP contribution in [0.15, 0.2) is 23.3 Å². The second-order valence-corrected chi connectivity index (χ2v) is 9.77. The van der Waals surface area contributed by atoms with Crippen molar-refractivity contribution in [2.45, 2.75) is 84.7 Å². The summed E-state index contributed by atoms with van der Waals surface area (Å²) >= 11 is 0. The predicted octanol–water partition coefficient (Wildman–Crippen LogP) is 2.74. The fraction of sp³-hybridized carbons (Fsp3) is 0.773. The van der Waals surface area contributed by atoms with Gasteiger partial charge in [-0.15, -0.1) is 0 Å². The minimum absolute atomic E-state index is 0.307. The first-order valence-electron chi connectivity index (χ1n) is 10.0. The van der Waals surface area contributed by atoms with Gasteiger partial charge in [-0.1, -0.05) is 32.9 Å². The van der Waals surface area contributed by atoms with E-state index in [1.807, 2.05) is 20.8 Å². The van der Waals surface area contributed by atoms with E-state index in [0.29, 0.717) is 31.3 Å². The summed E-state index contributed by atoms with van der Waals surface area (Å²) in [4.78, 5) is 12.0. The van der Waals surface area contributed by atoms with Crippen molar-refractivity contribution in [2.75, 3.05) is 0 Å². The Morgan fingerprint density at radius 2 is 1.81 bits per heavy atom. The number of hydrogen-bond donors (Lipinski definition) is 3. The van der Waals surface area contributed by atoms with Crippen molar-refractivity contribution >= 4 is 5.97 Å². The van der Waals surface area contributed by atoms with E-state index in [-0.39, 0.29) is 17.3 Å². The molecule has 0 spiro atoms. The second-order valence-electron chi connectivity index (χ2n) is 9.77. The number of esters is 1. The first kappa shape index (κ1) is 20.6. The van der Waals surface area contributed by atoms with Gasteiger partial charge in [-0.2, -0.15) is 0 Å². The Hall–Kier alpha value is -1.17. The van der Waals surface area contributed by atoms with Crippen LogP contribution in [0.25, 0.3) is 0 Å². The van der Waals surface area contributed by atoms with Crippen LogP contribution >= 0.6 is 0 Å². The molecule has 0 aromatic rings. The molecule has 2 saturated carbocycles. The van der Waals surface area contributed by atoms with Crippen LogP contribution in [-0.4, -0.2) is 45.7 Å². The average Bonchev–Trinajstić information content (AvgIpc) is 2.48. The van der Waals surface area contributed by atoms with E-state index in [2.05, 4.69) is 13.5 Å². The standard InChI is InChI=1S/C22H34O5/c1-11-9-15(25)19-20(27-13(3)23)18-12(2)14(24)7-8-22(18,6)10-16(26)17(11)21(19,4)5/h14-16,18-20,24-26H,2,7-10H2,1,3-6H3/t14-,15-,16-,18-,19-,20-,22-/m0/s1. The molecule has 7 atom stereocenters. The molecule has 0 aromatic heterocycles. The smallest absolute Gasteiger partial charge is 0.302 e. The van der Waals surface area contributed by atoms with Crippen molar-refractivity contribution in [3.8, 4) is 0 Å². The molecule has 0 amide bonds. The van der Waals surface area contributed by atoms with Crippen LogP contribution in [0, 0.1) is 22.7 Å². The molecular weight excluding hydrogens is 344 g/mol. The lowest BCUT2D eigenvalue weighted by Gasteiger charge is -2.58. The zero-order valence-corrected chi connectivity index (χ0v) is 17.2. The van der Waals surface area contributed by atoms with Crippen molar-refractivity contribution in [1.29, 1.82) is 0 Å². The van der Waals surface area contributed by atoms with Gasteiger partial charge in [0.25, 0.3) is 0 Å². The number of ether oxygens (including phenoxy) is 1. The molecule has 3 rings (SSSR count). The third-order valence-corrected chi connectivity index (χ3v) is 7.46. The van der Waals surface area contributed by atoms with Crippen molar-refractivity contribution in [2.24, 2.45) is 22.7 Å². The SMILES string of the molecule is C=C1[C@@H](O)CC[C@@]2(C)C[C@H](O)C3=C(C)C[C@H](O)[C@@H]([C@@H](OC(C)=O)[C@H]12)C3(C)C. The molecule has 5 nitrogen and oxygen atoms in total. The van der Waals surface area contributed by atoms with Crippen LogP contribution in [0.5, 0.6) is 0 Å². The maximum absolute atomic E-state index is 12.0. The number of aliphatic hydroxyl groups excluding tert-OH is 3. The molecule has 0 aliphatic heterocycles. The monoisotopic (exact) mass is 378 g/mol. The van der Waals surface area contributed by atoms with Crippen LogP contribution in [0.3, 0.4) is 0 Å². The highest BCUT2D eigenvalue weighted by atomic mass is 16.5. The summed E-state index contributed by atoms with van der Waals surface area (Å²) in [6.45, 7) is 13.6. The van der Waals surface area contributed by atoms with Gasteiger partial charge in [-0.25, -0.2) is 0 Å². The first-order chi connectivity index (χ1) is 12.4. The molecule has 0 radical (unpaired) electrons. The van der Waals surface area contributed by atoms with Crippen molar-refractivity contribution in [3.63, 3.8) is 0 Å². The molecule has 152 valence electrons. The predicted molar refractivity (Wildman–Crippen MR) is 103 cm³/mol. The van der Waals surface area contributed by atoms with E-state index in [9.17, 15) is 20.1 Å². The van der Waals surface area contributed by atoms with Crippen LogP contribution in [0.1, 0.15) is 60.3 Å². The molecule has 0 saturated heterocycles. The van der Waals surface area contributed by atoms with Gasteiger partial charge in [0.1, 0.15) is 6.10 Å². The maximum Gasteiger partial charge on any atom is 0.302 e. The highest BCUT2D eigenvalue weighted by molar-refractivity contribution is 5.66. The summed E-state index contributed by atoms with van der Waals surface area (Å²) in [7, 11) is 0. The van der Waals surface area contributed by atoms with E-state index in [1.165, 1.54) is 6.92 Å². The molecule has 3 N–H and O–H groups in total. The fourth-order valence-electron chi connectivity index (χ4n) is 6.49. The van der Waals surface area contributed by atoms with E-state index >= 15 is 0 Å². The zero-order valence-electron chi connectivity index (χ0n) is 17.2. The number of carbonyl (C=O) groups is 1. The molecule has 0 aromatic carbocycles. The normalized spacial score (nSPS) is 44.2. The summed E-state index contributed by atoms with van der Waals surface area (Å²) < 4.78 is 5.87. The summed E-state index contributed by atoms with van der Waals surface area (Å²) in [5, 5.41) is 32.7. The third kappa shape index (κ3) is 3.18. The van der Waals surface area contributed by atoms with Crippen molar-refractivity contribution in [3.05, 3.63) is 23.3 Å². The molecule has 27 heavy (non-hydrogen) atoms. The quantitative estimate of drug-likeness (QED) is 0.482. The Morgan fingerprint density at radius 1 is 1.19 bits per heavy atom. The lowest BCUT2D eigenvalue weighted by molar-refractivity contribution is -0.173. The topological polar surface area (TPSA) is 87.0 Å². The molecule has 2 fully saturated rings. The first-order valence-corrected chi connectivity index (χ1v) is 10.0. The Balaban J connectivity index is 2.23. The van der Waals surface area contributed by atoms with Crippen molar-refractivity contribution < 1.29 is 24.9 Å². The number of carbonyl (C=O) groups excluding carboxylic acids is 1. The van der Waals surface area contributed by atoms with Crippen molar-refractivity contribution in [1.82, 2.24) is 0 Å².